The first-order chi connectivity index (χ1) is 15.9. The summed E-state index contributed by atoms with van der Waals surface area (Å²) < 4.78 is 23.6. The van der Waals surface area contributed by atoms with Crippen molar-refractivity contribution in [2.45, 2.75) is 13.5 Å². The highest BCUT2D eigenvalue weighted by Gasteiger charge is 2.16. The lowest BCUT2D eigenvalue weighted by Crippen LogP contribution is -2.23. The molecule has 3 aromatic carbocycles. The van der Waals surface area contributed by atoms with Gasteiger partial charge in [-0.25, -0.2) is 9.18 Å². The molecule has 3 rings (SSSR count). The lowest BCUT2D eigenvalue weighted by atomic mass is 10.1. The van der Waals surface area contributed by atoms with Crippen LogP contribution in [0.4, 0.5) is 14.9 Å². The van der Waals surface area contributed by atoms with Crippen molar-refractivity contribution in [3.8, 4) is 5.75 Å². The molecule has 0 aliphatic carbocycles. The smallest absolute Gasteiger partial charge is 0.434 e. The molecule has 3 aromatic rings. The fourth-order valence-electron chi connectivity index (χ4n) is 2.87. The zero-order chi connectivity index (χ0) is 23.8. The molecule has 2 N–H and O–H groups in total. The molecular weight excluding hydrogens is 451 g/mol. The quantitative estimate of drug-likeness (QED) is 0.366. The lowest BCUT2D eigenvalue weighted by molar-refractivity contribution is 0.0949. The van der Waals surface area contributed by atoms with E-state index in [9.17, 15) is 18.8 Å². The van der Waals surface area contributed by atoms with Gasteiger partial charge in [0.15, 0.2) is 0 Å². The summed E-state index contributed by atoms with van der Waals surface area (Å²) >= 11 is 5.93. The van der Waals surface area contributed by atoms with Crippen LogP contribution in [0.25, 0.3) is 0 Å². The maximum Gasteiger partial charge on any atom is 0.513 e. The topological polar surface area (TPSA) is 93.7 Å². The maximum absolute atomic E-state index is 14.0. The molecule has 2 amide bonds. The average Bonchev–Trinajstić information content (AvgIpc) is 2.78. The van der Waals surface area contributed by atoms with Crippen LogP contribution in [-0.2, 0) is 11.3 Å². The first kappa shape index (κ1) is 23.7. The van der Waals surface area contributed by atoms with Crippen LogP contribution in [0.1, 0.15) is 33.2 Å². The molecule has 7 nitrogen and oxygen atoms in total. The van der Waals surface area contributed by atoms with Gasteiger partial charge >= 0.3 is 6.16 Å². The van der Waals surface area contributed by atoms with E-state index in [1.165, 1.54) is 36.4 Å². The fraction of sp³-hybridized carbons (Fsp3) is 0.125. The Morgan fingerprint density at radius 2 is 1.70 bits per heavy atom. The van der Waals surface area contributed by atoms with Gasteiger partial charge in [0.1, 0.15) is 11.6 Å². The number of amides is 2. The van der Waals surface area contributed by atoms with Crippen molar-refractivity contribution in [3.63, 3.8) is 0 Å². The molecule has 0 fully saturated rings. The second-order valence-corrected chi connectivity index (χ2v) is 7.15. The van der Waals surface area contributed by atoms with Crippen molar-refractivity contribution in [3.05, 3.63) is 94.3 Å². The molecule has 33 heavy (non-hydrogen) atoms. The minimum absolute atomic E-state index is 0.00888. The summed E-state index contributed by atoms with van der Waals surface area (Å²) in [4.78, 5) is 36.1. The van der Waals surface area contributed by atoms with Gasteiger partial charge in [-0.15, -0.1) is 0 Å². The standard InChI is InChI=1S/C24H20ClFN2O5/c1-2-32-24(31)33-18-11-9-16(10-12-18)22(29)27-14-15-5-3-6-17(13-15)28-23(30)21-19(25)7-4-8-20(21)26/h3-13H,2,14H2,1H3,(H,27,29)(H,28,30). The molecule has 0 aliphatic rings. The number of halogens is 2. The monoisotopic (exact) mass is 470 g/mol. The number of hydrogen-bond donors (Lipinski definition) is 2. The van der Waals surface area contributed by atoms with E-state index in [1.54, 1.807) is 31.2 Å². The van der Waals surface area contributed by atoms with Crippen LogP contribution in [0.15, 0.2) is 66.7 Å². The van der Waals surface area contributed by atoms with Gasteiger partial charge in [-0.2, -0.15) is 0 Å². The second-order valence-electron chi connectivity index (χ2n) is 6.74. The Morgan fingerprint density at radius 1 is 0.970 bits per heavy atom. The molecule has 9 heteroatoms. The Morgan fingerprint density at radius 3 is 2.39 bits per heavy atom. The molecule has 0 saturated heterocycles. The lowest BCUT2D eigenvalue weighted by Gasteiger charge is -2.10. The number of anilines is 1. The van der Waals surface area contributed by atoms with Gasteiger partial charge in [-0.05, 0) is 61.0 Å². The Bertz CT molecular complexity index is 1150. The van der Waals surface area contributed by atoms with Crippen LogP contribution in [0.2, 0.25) is 5.02 Å². The number of carbonyl (C=O) groups is 3. The molecule has 0 spiro atoms. The first-order valence-electron chi connectivity index (χ1n) is 9.94. The molecule has 0 aromatic heterocycles. The predicted octanol–water partition coefficient (Wildman–Crippen LogP) is 5.20. The summed E-state index contributed by atoms with van der Waals surface area (Å²) in [6.07, 6.45) is -0.820. The van der Waals surface area contributed by atoms with Crippen molar-refractivity contribution < 1.29 is 28.2 Å². The molecule has 0 heterocycles. The summed E-state index contributed by atoms with van der Waals surface area (Å²) in [5.41, 5.74) is 1.26. The van der Waals surface area contributed by atoms with Crippen molar-refractivity contribution >= 4 is 35.3 Å². The average molecular weight is 471 g/mol. The van der Waals surface area contributed by atoms with E-state index in [-0.39, 0.29) is 35.4 Å². The normalized spacial score (nSPS) is 10.3. The summed E-state index contributed by atoms with van der Waals surface area (Å²) in [5.74, 6) is -1.49. The number of ether oxygens (including phenoxy) is 2. The Kier molecular flexibility index (Phi) is 7.99. The number of nitrogens with one attached hydrogen (secondary N) is 2. The van der Waals surface area contributed by atoms with Crippen molar-refractivity contribution in [1.82, 2.24) is 5.32 Å². The van der Waals surface area contributed by atoms with E-state index in [0.29, 0.717) is 16.8 Å². The van der Waals surface area contributed by atoms with Gasteiger partial charge < -0.3 is 20.1 Å². The van der Waals surface area contributed by atoms with Gasteiger partial charge in [-0.1, -0.05) is 29.8 Å². The van der Waals surface area contributed by atoms with Crippen molar-refractivity contribution in [2.24, 2.45) is 0 Å². The number of carbonyl (C=O) groups excluding carboxylic acids is 3. The first-order valence-corrected chi connectivity index (χ1v) is 10.3. The molecule has 0 radical (unpaired) electrons. The van der Waals surface area contributed by atoms with E-state index in [1.807, 2.05) is 0 Å². The molecular formula is C24H20ClFN2O5. The second kappa shape index (κ2) is 11.1. The third-order valence-electron chi connectivity index (χ3n) is 4.41. The fourth-order valence-corrected chi connectivity index (χ4v) is 3.12. The largest absolute Gasteiger partial charge is 0.513 e. The Labute approximate surface area is 194 Å². The molecule has 0 bridgehead atoms. The summed E-state index contributed by atoms with van der Waals surface area (Å²) in [6, 6.07) is 16.7. The Hall–Kier alpha value is -3.91. The van der Waals surface area contributed by atoms with E-state index in [0.717, 1.165) is 6.07 Å². The number of benzene rings is 3. The van der Waals surface area contributed by atoms with Gasteiger partial charge in [0.05, 0.1) is 17.2 Å². The highest BCUT2D eigenvalue weighted by Crippen LogP contribution is 2.21. The third-order valence-corrected chi connectivity index (χ3v) is 4.72. The summed E-state index contributed by atoms with van der Waals surface area (Å²) in [5, 5.41) is 5.37. The van der Waals surface area contributed by atoms with Gasteiger partial charge in [0.25, 0.3) is 11.8 Å². The zero-order valence-electron chi connectivity index (χ0n) is 17.6. The molecule has 0 atom stereocenters. The van der Waals surface area contributed by atoms with Gasteiger partial charge in [0, 0.05) is 17.8 Å². The van der Waals surface area contributed by atoms with E-state index >= 15 is 0 Å². The Balaban J connectivity index is 1.59. The molecule has 0 saturated carbocycles. The number of hydrogen-bond acceptors (Lipinski definition) is 5. The van der Waals surface area contributed by atoms with E-state index < -0.39 is 17.9 Å². The van der Waals surface area contributed by atoms with E-state index in [2.05, 4.69) is 15.4 Å². The summed E-state index contributed by atoms with van der Waals surface area (Å²) in [6.45, 7) is 2.04. The van der Waals surface area contributed by atoms with Crippen LogP contribution >= 0.6 is 11.6 Å². The van der Waals surface area contributed by atoms with E-state index in [4.69, 9.17) is 16.3 Å². The van der Waals surface area contributed by atoms with Crippen molar-refractivity contribution in [1.29, 1.82) is 0 Å². The zero-order valence-corrected chi connectivity index (χ0v) is 18.3. The van der Waals surface area contributed by atoms with Crippen LogP contribution in [0, 0.1) is 5.82 Å². The van der Waals surface area contributed by atoms with Crippen molar-refractivity contribution in [2.75, 3.05) is 11.9 Å². The summed E-state index contributed by atoms with van der Waals surface area (Å²) in [7, 11) is 0. The SMILES string of the molecule is CCOC(=O)Oc1ccc(C(=O)NCc2cccc(NC(=O)c3c(F)cccc3Cl)c2)cc1. The van der Waals surface area contributed by atoms with Gasteiger partial charge in [0.2, 0.25) is 0 Å². The highest BCUT2D eigenvalue weighted by atomic mass is 35.5. The van der Waals surface area contributed by atoms with Crippen LogP contribution in [-0.4, -0.2) is 24.6 Å². The van der Waals surface area contributed by atoms with Crippen LogP contribution in [0.5, 0.6) is 5.75 Å². The maximum atomic E-state index is 14.0. The highest BCUT2D eigenvalue weighted by molar-refractivity contribution is 6.34. The van der Waals surface area contributed by atoms with Crippen LogP contribution in [0.3, 0.4) is 0 Å². The van der Waals surface area contributed by atoms with Gasteiger partial charge in [-0.3, -0.25) is 9.59 Å². The third kappa shape index (κ3) is 6.54. The molecule has 0 unspecified atom stereocenters. The predicted molar refractivity (Wildman–Crippen MR) is 121 cm³/mol. The number of rotatable bonds is 7. The molecule has 170 valence electrons. The van der Waals surface area contributed by atoms with Crippen LogP contribution < -0.4 is 15.4 Å². The molecule has 0 aliphatic heterocycles. The minimum atomic E-state index is -0.820. The minimum Gasteiger partial charge on any atom is -0.434 e.